The third kappa shape index (κ3) is 10.7. The van der Waals surface area contributed by atoms with Gasteiger partial charge in [-0.2, -0.15) is 0 Å². The molecule has 1 rings (SSSR count). The fourth-order valence-electron chi connectivity index (χ4n) is 4.10. The van der Waals surface area contributed by atoms with Crippen LogP contribution in [-0.4, -0.2) is 18.5 Å². The van der Waals surface area contributed by atoms with E-state index in [9.17, 15) is 0 Å². The van der Waals surface area contributed by atoms with Crippen LogP contribution >= 0.6 is 7.26 Å². The summed E-state index contributed by atoms with van der Waals surface area (Å²) in [5.41, 5.74) is 1.57. The van der Waals surface area contributed by atoms with Crippen LogP contribution in [-0.2, 0) is 6.16 Å². The van der Waals surface area contributed by atoms with E-state index in [0.29, 0.717) is 0 Å². The van der Waals surface area contributed by atoms with Crippen molar-refractivity contribution in [3.8, 4) is 0 Å². The lowest BCUT2D eigenvalue weighted by Crippen LogP contribution is -2.08. The van der Waals surface area contributed by atoms with Crippen LogP contribution in [0, 0.1) is 0 Å². The first-order valence-corrected chi connectivity index (χ1v) is 14.2. The molecule has 0 aliphatic heterocycles. The number of hydrogen-bond acceptors (Lipinski definition) is 0. The Morgan fingerprint density at radius 3 is 1.50 bits per heavy atom. The summed E-state index contributed by atoms with van der Waals surface area (Å²) >= 11 is 0. The van der Waals surface area contributed by atoms with Gasteiger partial charge in [0.25, 0.3) is 0 Å². The van der Waals surface area contributed by atoms with E-state index in [1.165, 1.54) is 102 Å². The standard InChI is InChI=1S/C25H46P/c1-4-7-8-9-10-11-12-13-14-15-16-20-23-26(5-2,6-3)24-25-21-18-17-19-22-25/h17-19,21-22H,4-16,20,23-24H2,1-3H3/q+1. The average Bonchev–Trinajstić information content (AvgIpc) is 2.68. The molecule has 0 atom stereocenters. The second-order valence-corrected chi connectivity index (χ2v) is 12.9. The second-order valence-electron chi connectivity index (χ2n) is 8.23. The molecule has 0 bridgehead atoms. The predicted octanol–water partition coefficient (Wildman–Crippen LogP) is 8.95. The van der Waals surface area contributed by atoms with Gasteiger partial charge in [-0.05, 0) is 32.3 Å². The Bertz CT molecular complexity index is 407. The van der Waals surface area contributed by atoms with Crippen molar-refractivity contribution in [1.82, 2.24) is 0 Å². The molecule has 150 valence electrons. The highest BCUT2D eigenvalue weighted by atomic mass is 31.2. The first-order chi connectivity index (χ1) is 12.8. The first-order valence-electron chi connectivity index (χ1n) is 11.7. The van der Waals surface area contributed by atoms with Crippen LogP contribution in [0.15, 0.2) is 30.3 Å². The molecular formula is C25H46P+. The van der Waals surface area contributed by atoms with Crippen LogP contribution in [0.2, 0.25) is 0 Å². The van der Waals surface area contributed by atoms with Gasteiger partial charge in [0.2, 0.25) is 0 Å². The van der Waals surface area contributed by atoms with Gasteiger partial charge < -0.3 is 0 Å². The topological polar surface area (TPSA) is 0 Å². The second kappa shape index (κ2) is 15.7. The van der Waals surface area contributed by atoms with Crippen LogP contribution in [0.4, 0.5) is 0 Å². The van der Waals surface area contributed by atoms with Crippen molar-refractivity contribution in [3.63, 3.8) is 0 Å². The highest BCUT2D eigenvalue weighted by Crippen LogP contribution is 2.61. The molecule has 0 radical (unpaired) electrons. The number of hydrogen-bond donors (Lipinski definition) is 0. The van der Waals surface area contributed by atoms with Crippen molar-refractivity contribution >= 4 is 7.26 Å². The number of unbranched alkanes of at least 4 members (excludes halogenated alkanes) is 11. The van der Waals surface area contributed by atoms with Crippen LogP contribution in [0.5, 0.6) is 0 Å². The van der Waals surface area contributed by atoms with Crippen LogP contribution < -0.4 is 0 Å². The van der Waals surface area contributed by atoms with Crippen molar-refractivity contribution < 1.29 is 0 Å². The van der Waals surface area contributed by atoms with E-state index in [2.05, 4.69) is 51.1 Å². The Labute approximate surface area is 165 Å². The van der Waals surface area contributed by atoms with Gasteiger partial charge in [0.1, 0.15) is 0 Å². The molecule has 0 fully saturated rings. The fraction of sp³-hybridized carbons (Fsp3) is 0.760. The van der Waals surface area contributed by atoms with E-state index >= 15 is 0 Å². The Kier molecular flexibility index (Phi) is 14.3. The average molecular weight is 378 g/mol. The lowest BCUT2D eigenvalue weighted by atomic mass is 10.1. The summed E-state index contributed by atoms with van der Waals surface area (Å²) in [6, 6.07) is 11.2. The highest BCUT2D eigenvalue weighted by molar-refractivity contribution is 7.75. The van der Waals surface area contributed by atoms with Crippen LogP contribution in [0.3, 0.4) is 0 Å². The van der Waals surface area contributed by atoms with Crippen molar-refractivity contribution in [2.24, 2.45) is 0 Å². The summed E-state index contributed by atoms with van der Waals surface area (Å²) in [6.07, 6.45) is 23.2. The zero-order valence-electron chi connectivity index (χ0n) is 18.1. The van der Waals surface area contributed by atoms with Gasteiger partial charge >= 0.3 is 0 Å². The third-order valence-corrected chi connectivity index (χ3v) is 11.2. The minimum absolute atomic E-state index is 0.760. The highest BCUT2D eigenvalue weighted by Gasteiger charge is 2.32. The maximum Gasteiger partial charge on any atom is 0.0842 e. The van der Waals surface area contributed by atoms with Crippen molar-refractivity contribution in [3.05, 3.63) is 35.9 Å². The largest absolute Gasteiger partial charge is 0.0842 e. The lowest BCUT2D eigenvalue weighted by Gasteiger charge is -2.25. The van der Waals surface area contributed by atoms with E-state index < -0.39 is 7.26 Å². The fourth-order valence-corrected chi connectivity index (χ4v) is 7.67. The monoisotopic (exact) mass is 377 g/mol. The molecule has 0 saturated heterocycles. The minimum atomic E-state index is -0.760. The lowest BCUT2D eigenvalue weighted by molar-refractivity contribution is 0.548. The molecule has 1 aromatic carbocycles. The summed E-state index contributed by atoms with van der Waals surface area (Å²) in [4.78, 5) is 0. The Morgan fingerprint density at radius 1 is 0.577 bits per heavy atom. The van der Waals surface area contributed by atoms with Gasteiger partial charge in [-0.25, -0.2) is 0 Å². The molecule has 1 aromatic rings. The summed E-state index contributed by atoms with van der Waals surface area (Å²) in [5.74, 6) is 0. The van der Waals surface area contributed by atoms with Crippen molar-refractivity contribution in [1.29, 1.82) is 0 Å². The van der Waals surface area contributed by atoms with Gasteiger partial charge in [0.05, 0.1) is 24.6 Å². The van der Waals surface area contributed by atoms with Crippen LogP contribution in [0.1, 0.15) is 103 Å². The molecule has 0 amide bonds. The smallest absolute Gasteiger partial charge is 0.0654 e. The van der Waals surface area contributed by atoms with Crippen molar-refractivity contribution in [2.45, 2.75) is 104 Å². The predicted molar refractivity (Wildman–Crippen MR) is 124 cm³/mol. The van der Waals surface area contributed by atoms with Gasteiger partial charge in [-0.15, -0.1) is 0 Å². The van der Waals surface area contributed by atoms with Gasteiger partial charge in [0, 0.05) is 7.26 Å². The maximum atomic E-state index is 2.45. The molecule has 0 aliphatic carbocycles. The summed E-state index contributed by atoms with van der Waals surface area (Å²) in [6.45, 7) is 7.19. The zero-order chi connectivity index (χ0) is 18.9. The molecule has 0 N–H and O–H groups in total. The van der Waals surface area contributed by atoms with Gasteiger partial charge in [0.15, 0.2) is 0 Å². The van der Waals surface area contributed by atoms with Crippen LogP contribution in [0.25, 0.3) is 0 Å². The minimum Gasteiger partial charge on any atom is -0.0654 e. The quantitative estimate of drug-likeness (QED) is 0.188. The van der Waals surface area contributed by atoms with Gasteiger partial charge in [-0.1, -0.05) is 101 Å². The maximum absolute atomic E-state index is 2.45. The Balaban J connectivity index is 2.08. The van der Waals surface area contributed by atoms with Crippen molar-refractivity contribution in [2.75, 3.05) is 18.5 Å². The van der Waals surface area contributed by atoms with E-state index in [1.54, 1.807) is 5.56 Å². The zero-order valence-corrected chi connectivity index (χ0v) is 19.0. The molecule has 0 saturated carbocycles. The van der Waals surface area contributed by atoms with E-state index in [0.717, 1.165) is 0 Å². The molecule has 0 heterocycles. The molecule has 0 spiro atoms. The number of benzene rings is 1. The number of rotatable bonds is 17. The molecular weight excluding hydrogens is 331 g/mol. The van der Waals surface area contributed by atoms with Gasteiger partial charge in [-0.3, -0.25) is 0 Å². The summed E-state index contributed by atoms with van der Waals surface area (Å²) in [7, 11) is -0.760. The molecule has 0 nitrogen and oxygen atoms in total. The van der Waals surface area contributed by atoms with E-state index in [4.69, 9.17) is 0 Å². The van der Waals surface area contributed by atoms with E-state index in [1.807, 2.05) is 0 Å². The Hall–Kier alpha value is -0.350. The normalized spacial score (nSPS) is 11.8. The molecule has 26 heavy (non-hydrogen) atoms. The molecule has 0 aliphatic rings. The first kappa shape index (κ1) is 23.7. The molecule has 0 unspecified atom stereocenters. The summed E-state index contributed by atoms with van der Waals surface area (Å²) < 4.78 is 0. The molecule has 0 aromatic heterocycles. The Morgan fingerprint density at radius 2 is 1.04 bits per heavy atom. The summed E-state index contributed by atoms with van der Waals surface area (Å²) in [5, 5.41) is 0. The van der Waals surface area contributed by atoms with E-state index in [-0.39, 0.29) is 0 Å². The molecule has 1 heteroatoms. The third-order valence-electron chi connectivity index (χ3n) is 6.19. The SMILES string of the molecule is CCCCCCCCCCCCCC[P+](CC)(CC)Cc1ccccc1.